The Morgan fingerprint density at radius 1 is 1.00 bits per heavy atom. The van der Waals surface area contributed by atoms with E-state index in [1.807, 2.05) is 9.80 Å². The number of carboxylic acids is 1. The van der Waals surface area contributed by atoms with Crippen LogP contribution in [0.4, 0.5) is 23.3 Å². The fourth-order valence-corrected chi connectivity index (χ4v) is 8.04. The number of alkyl halides is 3. The van der Waals surface area contributed by atoms with E-state index in [2.05, 4.69) is 4.99 Å². The number of carboxylic acid groups (broad SMARTS) is 1. The third kappa shape index (κ3) is 6.67. The van der Waals surface area contributed by atoms with Crippen molar-refractivity contribution in [1.29, 1.82) is 0 Å². The quantitative estimate of drug-likeness (QED) is 0.265. The summed E-state index contributed by atoms with van der Waals surface area (Å²) in [4.78, 5) is 35.6. The summed E-state index contributed by atoms with van der Waals surface area (Å²) in [6.45, 7) is 3.48. The zero-order valence-electron chi connectivity index (χ0n) is 28.4. The summed E-state index contributed by atoms with van der Waals surface area (Å²) in [5.41, 5.74) is -0.316. The van der Waals surface area contributed by atoms with E-state index in [-0.39, 0.29) is 43.4 Å². The molecule has 3 saturated heterocycles. The zero-order chi connectivity index (χ0) is 35.8. The van der Waals surface area contributed by atoms with Crippen LogP contribution < -0.4 is 9.64 Å². The summed E-state index contributed by atoms with van der Waals surface area (Å²) >= 11 is 0. The molecule has 3 fully saturated rings. The van der Waals surface area contributed by atoms with E-state index in [9.17, 15) is 27.9 Å². The van der Waals surface area contributed by atoms with Gasteiger partial charge in [0.15, 0.2) is 5.66 Å². The second-order valence-electron chi connectivity index (χ2n) is 13.6. The summed E-state index contributed by atoms with van der Waals surface area (Å²) in [5, 5.41) is 10.1. The Labute approximate surface area is 288 Å². The standard InChI is InChI=1S/C36H43F4N5O5/c1-23-41-14-13-35(45(23)40,27-4-7-30(50-3)8-5-27)43-17-12-25(20-43)33(46)44-21-26(18-29(44)22-49-2)31-9-6-28(36(37,38)39)19-32(31)42-15-10-24(11-16-42)34(47)48/h4-9,13-14,19,24-26,29H,10-12,15-18,20-22H2,1-3H3,(H,47,48)/t25-,26+,29-,35+/m0/s1. The SMILES string of the molecule is COC[C@@H]1C[C@@H](c2ccc(C(F)(F)F)cc2N2CCC(C(=O)O)CC2)CN1C(=O)[C@H]1CCN([C@]2(c3ccc(OC)cc3)C=CN=C(C)N2F)C1. The van der Waals surface area contributed by atoms with Crippen LogP contribution in [-0.4, -0.2) is 97.3 Å². The van der Waals surface area contributed by atoms with E-state index in [0.29, 0.717) is 73.0 Å². The largest absolute Gasteiger partial charge is 0.497 e. The average Bonchev–Trinajstić information content (AvgIpc) is 3.78. The molecule has 4 aliphatic heterocycles. The van der Waals surface area contributed by atoms with Crippen molar-refractivity contribution in [3.05, 3.63) is 71.4 Å². The minimum Gasteiger partial charge on any atom is -0.497 e. The molecule has 0 saturated carbocycles. The predicted molar refractivity (Wildman–Crippen MR) is 178 cm³/mol. The lowest BCUT2D eigenvalue weighted by Crippen LogP contribution is -2.56. The lowest BCUT2D eigenvalue weighted by molar-refractivity contribution is -0.142. The molecule has 6 rings (SSSR count). The van der Waals surface area contributed by atoms with Crippen molar-refractivity contribution in [2.24, 2.45) is 16.8 Å². The highest BCUT2D eigenvalue weighted by Gasteiger charge is 2.50. The molecule has 1 N–H and O–H groups in total. The van der Waals surface area contributed by atoms with Gasteiger partial charge in [-0.25, -0.2) is 4.99 Å². The Morgan fingerprint density at radius 2 is 1.70 bits per heavy atom. The van der Waals surface area contributed by atoms with Crippen molar-refractivity contribution in [1.82, 2.24) is 14.9 Å². The van der Waals surface area contributed by atoms with Crippen LogP contribution in [0.3, 0.4) is 0 Å². The molecular weight excluding hydrogens is 658 g/mol. The van der Waals surface area contributed by atoms with Crippen molar-refractivity contribution < 1.29 is 41.8 Å². The molecule has 50 heavy (non-hydrogen) atoms. The van der Waals surface area contributed by atoms with Crippen LogP contribution in [-0.2, 0) is 26.2 Å². The van der Waals surface area contributed by atoms with Crippen LogP contribution in [0.1, 0.15) is 55.2 Å². The molecule has 4 heterocycles. The highest BCUT2D eigenvalue weighted by molar-refractivity contribution is 5.82. The number of aliphatic imine (C=N–C) groups is 1. The number of carbonyl (C=O) groups is 2. The smallest absolute Gasteiger partial charge is 0.416 e. The molecule has 4 atom stereocenters. The molecular formula is C36H43F4N5O5. The molecule has 2 aromatic rings. The van der Waals surface area contributed by atoms with Gasteiger partial charge < -0.3 is 24.4 Å². The van der Waals surface area contributed by atoms with E-state index in [1.54, 1.807) is 62.6 Å². The lowest BCUT2D eigenvalue weighted by atomic mass is 9.91. The van der Waals surface area contributed by atoms with Gasteiger partial charge in [0.05, 0.1) is 37.2 Å². The summed E-state index contributed by atoms with van der Waals surface area (Å²) in [6, 6.07) is 10.6. The number of anilines is 1. The van der Waals surface area contributed by atoms with E-state index >= 15 is 4.48 Å². The minimum absolute atomic E-state index is 0.103. The number of aliphatic carboxylic acids is 1. The summed E-state index contributed by atoms with van der Waals surface area (Å²) in [6.07, 6.45) is 0.370. The number of ether oxygens (including phenoxy) is 2. The molecule has 270 valence electrons. The van der Waals surface area contributed by atoms with Gasteiger partial charge in [-0.1, -0.05) is 22.7 Å². The number of nitrogens with zero attached hydrogens (tertiary/aromatic N) is 5. The van der Waals surface area contributed by atoms with E-state index in [1.165, 1.54) is 6.07 Å². The molecule has 0 unspecified atom stereocenters. The molecule has 2 aromatic carbocycles. The van der Waals surface area contributed by atoms with Gasteiger partial charge in [-0.3, -0.25) is 14.5 Å². The summed E-state index contributed by atoms with van der Waals surface area (Å²) < 4.78 is 68.7. The maximum atomic E-state index is 16.2. The molecule has 0 aromatic heterocycles. The number of methoxy groups -OCH3 is 2. The third-order valence-electron chi connectivity index (χ3n) is 10.7. The first-order chi connectivity index (χ1) is 23.9. The second-order valence-corrected chi connectivity index (χ2v) is 13.6. The molecule has 0 radical (unpaired) electrons. The number of rotatable bonds is 9. The van der Waals surface area contributed by atoms with Crippen molar-refractivity contribution in [2.75, 3.05) is 58.5 Å². The molecule has 10 nitrogen and oxygen atoms in total. The highest BCUT2D eigenvalue weighted by atomic mass is 19.4. The van der Waals surface area contributed by atoms with Crippen molar-refractivity contribution in [2.45, 2.75) is 56.4 Å². The van der Waals surface area contributed by atoms with Crippen LogP contribution >= 0.6 is 0 Å². The predicted octanol–water partition coefficient (Wildman–Crippen LogP) is 5.65. The Kier molecular flexibility index (Phi) is 10.1. The number of amides is 1. The first-order valence-corrected chi connectivity index (χ1v) is 16.9. The van der Waals surface area contributed by atoms with Crippen molar-refractivity contribution in [3.63, 3.8) is 0 Å². The first-order valence-electron chi connectivity index (χ1n) is 16.9. The monoisotopic (exact) mass is 701 g/mol. The average molecular weight is 702 g/mol. The minimum atomic E-state index is -4.55. The van der Waals surface area contributed by atoms with E-state index in [4.69, 9.17) is 9.47 Å². The maximum Gasteiger partial charge on any atom is 0.416 e. The molecule has 0 aliphatic carbocycles. The van der Waals surface area contributed by atoms with E-state index in [0.717, 1.165) is 12.1 Å². The number of hydrogen-bond acceptors (Lipinski definition) is 8. The fourth-order valence-electron chi connectivity index (χ4n) is 8.04. The Hall–Kier alpha value is -4.17. The van der Waals surface area contributed by atoms with Gasteiger partial charge in [0.2, 0.25) is 5.91 Å². The number of piperidine rings is 1. The first kappa shape index (κ1) is 35.6. The van der Waals surface area contributed by atoms with Crippen LogP contribution in [0.15, 0.2) is 59.7 Å². The summed E-state index contributed by atoms with van der Waals surface area (Å²) in [5.74, 6) is -1.45. The van der Waals surface area contributed by atoms with Gasteiger partial charge >= 0.3 is 12.1 Å². The van der Waals surface area contributed by atoms with Crippen LogP contribution in [0.2, 0.25) is 0 Å². The number of benzene rings is 2. The van der Waals surface area contributed by atoms with Crippen LogP contribution in [0, 0.1) is 11.8 Å². The Balaban J connectivity index is 1.25. The second kappa shape index (κ2) is 14.2. The third-order valence-corrected chi connectivity index (χ3v) is 10.7. The number of halogens is 4. The molecule has 0 spiro atoms. The Bertz CT molecular complexity index is 1630. The number of amidine groups is 1. The highest BCUT2D eigenvalue weighted by Crippen LogP contribution is 2.44. The van der Waals surface area contributed by atoms with Gasteiger partial charge in [-0.2, -0.15) is 18.3 Å². The van der Waals surface area contributed by atoms with Gasteiger partial charge in [-0.05, 0) is 74.1 Å². The lowest BCUT2D eigenvalue weighted by Gasteiger charge is -2.45. The number of carbonyl (C=O) groups excluding carboxylic acids is 1. The number of hydrogen-bond donors (Lipinski definition) is 1. The molecule has 0 bridgehead atoms. The summed E-state index contributed by atoms with van der Waals surface area (Å²) in [7, 11) is 3.11. The molecule has 1 amide bonds. The van der Waals surface area contributed by atoms with Gasteiger partial charge in [0, 0.05) is 57.6 Å². The van der Waals surface area contributed by atoms with Crippen LogP contribution in [0.25, 0.3) is 0 Å². The molecule has 4 aliphatic rings. The Morgan fingerprint density at radius 3 is 2.34 bits per heavy atom. The van der Waals surface area contributed by atoms with E-state index < -0.39 is 35.2 Å². The zero-order valence-corrected chi connectivity index (χ0v) is 28.4. The van der Waals surface area contributed by atoms with Crippen molar-refractivity contribution >= 4 is 23.4 Å². The maximum absolute atomic E-state index is 16.2. The topological polar surface area (TPSA) is 98.1 Å². The van der Waals surface area contributed by atoms with Gasteiger partial charge in [0.1, 0.15) is 11.6 Å². The number of likely N-dealkylation sites (tertiary alicyclic amines) is 2. The van der Waals surface area contributed by atoms with Gasteiger partial charge in [-0.15, -0.1) is 0 Å². The normalized spacial score (nSPS) is 26.4. The van der Waals surface area contributed by atoms with Gasteiger partial charge in [0.25, 0.3) is 0 Å². The van der Waals surface area contributed by atoms with Crippen LogP contribution in [0.5, 0.6) is 5.75 Å². The molecule has 14 heteroatoms. The van der Waals surface area contributed by atoms with Crippen molar-refractivity contribution in [3.8, 4) is 5.75 Å². The fraction of sp³-hybridized carbons (Fsp3) is 0.528.